The van der Waals surface area contributed by atoms with E-state index in [4.69, 9.17) is 11.6 Å². The Morgan fingerprint density at radius 2 is 0.821 bits per heavy atom. The second-order valence-corrected chi connectivity index (χ2v) is 9.57. The zero-order valence-corrected chi connectivity index (χ0v) is 20.7. The highest BCUT2D eigenvalue weighted by molar-refractivity contribution is 6.20. The topological polar surface area (TPSA) is 3.24 Å². The van der Waals surface area contributed by atoms with E-state index in [0.717, 1.165) is 6.42 Å². The first-order valence-electron chi connectivity index (χ1n) is 13.1. The molecule has 0 saturated heterocycles. The minimum atomic E-state index is 0.243. The van der Waals surface area contributed by atoms with E-state index in [1.807, 2.05) is 0 Å². The van der Waals surface area contributed by atoms with Crippen molar-refractivity contribution >= 4 is 11.6 Å². The summed E-state index contributed by atoms with van der Waals surface area (Å²) in [6.45, 7) is 5.75. The lowest BCUT2D eigenvalue weighted by molar-refractivity contribution is 0.283. The van der Waals surface area contributed by atoms with Crippen molar-refractivity contribution in [2.24, 2.45) is 0 Å². The molecule has 0 saturated carbocycles. The van der Waals surface area contributed by atoms with Crippen LogP contribution in [0.2, 0.25) is 0 Å². The van der Waals surface area contributed by atoms with Crippen LogP contribution in [0, 0.1) is 0 Å². The van der Waals surface area contributed by atoms with Gasteiger partial charge in [-0.05, 0) is 26.4 Å². The van der Waals surface area contributed by atoms with Crippen LogP contribution in [0.1, 0.15) is 149 Å². The van der Waals surface area contributed by atoms with Crippen molar-refractivity contribution in [3.8, 4) is 0 Å². The molecule has 0 aliphatic rings. The Balaban J connectivity index is 3.30. The third-order valence-electron chi connectivity index (χ3n) is 6.14. The zero-order chi connectivity index (χ0) is 20.7. The molecule has 2 heteroatoms. The van der Waals surface area contributed by atoms with Gasteiger partial charge in [0, 0.05) is 0 Å². The predicted octanol–water partition coefficient (Wildman–Crippen LogP) is 9.71. The number of nitrogens with zero attached hydrogens (tertiary/aromatic N) is 1. The van der Waals surface area contributed by atoms with Gasteiger partial charge in [-0.15, -0.1) is 11.6 Å². The van der Waals surface area contributed by atoms with Gasteiger partial charge in [-0.25, -0.2) is 0 Å². The van der Waals surface area contributed by atoms with Crippen LogP contribution in [0.4, 0.5) is 0 Å². The van der Waals surface area contributed by atoms with Gasteiger partial charge in [-0.3, -0.25) is 4.90 Å². The highest BCUT2D eigenvalue weighted by Crippen LogP contribution is 2.16. The van der Waals surface area contributed by atoms with Crippen molar-refractivity contribution in [3.63, 3.8) is 0 Å². The third-order valence-corrected chi connectivity index (χ3v) is 6.69. The molecule has 0 bridgehead atoms. The van der Waals surface area contributed by atoms with Crippen LogP contribution in [-0.4, -0.2) is 24.0 Å². The van der Waals surface area contributed by atoms with E-state index in [9.17, 15) is 0 Å². The fourth-order valence-electron chi connectivity index (χ4n) is 4.01. The normalized spacial score (nSPS) is 12.8. The van der Waals surface area contributed by atoms with E-state index in [0.29, 0.717) is 0 Å². The van der Waals surface area contributed by atoms with E-state index in [-0.39, 0.29) is 5.50 Å². The van der Waals surface area contributed by atoms with Crippen molar-refractivity contribution in [2.75, 3.05) is 13.6 Å². The van der Waals surface area contributed by atoms with Crippen LogP contribution >= 0.6 is 11.6 Å². The average Bonchev–Trinajstić information content (AvgIpc) is 2.70. The maximum atomic E-state index is 6.59. The van der Waals surface area contributed by atoms with Crippen LogP contribution < -0.4 is 0 Å². The molecule has 0 aliphatic carbocycles. The molecule has 170 valence electrons. The Hall–Kier alpha value is 0.250. The molecule has 1 nitrogen and oxygen atoms in total. The third kappa shape index (κ3) is 21.0. The highest BCUT2D eigenvalue weighted by Gasteiger charge is 2.10. The van der Waals surface area contributed by atoms with Gasteiger partial charge in [-0.2, -0.15) is 0 Å². The summed E-state index contributed by atoms with van der Waals surface area (Å²) in [5, 5.41) is 0. The Morgan fingerprint density at radius 1 is 0.500 bits per heavy atom. The lowest BCUT2D eigenvalue weighted by Gasteiger charge is -2.22. The summed E-state index contributed by atoms with van der Waals surface area (Å²) in [5.74, 6) is 0. The van der Waals surface area contributed by atoms with Crippen molar-refractivity contribution < 1.29 is 0 Å². The molecule has 1 unspecified atom stereocenters. The number of halogens is 1. The lowest BCUT2D eigenvalue weighted by atomic mass is 10.1. The lowest BCUT2D eigenvalue weighted by Crippen LogP contribution is -2.28. The second kappa shape index (κ2) is 23.5. The quantitative estimate of drug-likeness (QED) is 0.0910. The van der Waals surface area contributed by atoms with E-state index >= 15 is 0 Å². The largest absolute Gasteiger partial charge is 0.291 e. The first kappa shape index (κ1) is 28.2. The smallest absolute Gasteiger partial charge is 0.0847 e. The van der Waals surface area contributed by atoms with Crippen molar-refractivity contribution in [1.29, 1.82) is 0 Å². The molecule has 0 rings (SSSR count). The minimum Gasteiger partial charge on any atom is -0.291 e. The van der Waals surface area contributed by atoms with E-state index < -0.39 is 0 Å². The molecule has 0 amide bonds. The number of hydrogen-bond acceptors (Lipinski definition) is 1. The van der Waals surface area contributed by atoms with Crippen LogP contribution in [0.25, 0.3) is 0 Å². The number of rotatable bonds is 23. The van der Waals surface area contributed by atoms with Gasteiger partial charge >= 0.3 is 0 Å². The van der Waals surface area contributed by atoms with Crippen LogP contribution in [0.5, 0.6) is 0 Å². The summed E-state index contributed by atoms with van der Waals surface area (Å²) in [6.07, 6.45) is 29.3. The number of alkyl halides is 1. The molecule has 0 aliphatic heterocycles. The van der Waals surface area contributed by atoms with Crippen molar-refractivity contribution in [1.82, 2.24) is 4.90 Å². The fourth-order valence-corrected chi connectivity index (χ4v) is 4.26. The maximum absolute atomic E-state index is 6.59. The van der Waals surface area contributed by atoms with Gasteiger partial charge in [-0.1, -0.05) is 136 Å². The van der Waals surface area contributed by atoms with Gasteiger partial charge in [0.1, 0.15) is 0 Å². The van der Waals surface area contributed by atoms with Crippen LogP contribution in [0.15, 0.2) is 0 Å². The first-order chi connectivity index (χ1) is 13.7. The molecule has 0 N–H and O–H groups in total. The molecule has 1 atom stereocenters. The minimum absolute atomic E-state index is 0.243. The molecular weight excluding hydrogens is 362 g/mol. The van der Waals surface area contributed by atoms with Crippen LogP contribution in [0.3, 0.4) is 0 Å². The SMILES string of the molecule is CCCCCCCCCCCCC(Cl)N(C)CCCCCCCCCCCC. The Kier molecular flexibility index (Phi) is 23.7. The second-order valence-electron chi connectivity index (χ2n) is 9.07. The molecule has 0 aromatic carbocycles. The standard InChI is InChI=1S/C26H54ClN/c1-4-6-8-10-12-14-16-18-20-22-24-26(27)28(3)25-23-21-19-17-15-13-11-9-7-5-2/h26H,4-25H2,1-3H3. The summed E-state index contributed by atoms with van der Waals surface area (Å²) >= 11 is 6.59. The summed E-state index contributed by atoms with van der Waals surface area (Å²) in [6, 6.07) is 0. The maximum Gasteiger partial charge on any atom is 0.0847 e. The highest BCUT2D eigenvalue weighted by atomic mass is 35.5. The van der Waals surface area contributed by atoms with E-state index in [1.54, 1.807) is 0 Å². The summed E-state index contributed by atoms with van der Waals surface area (Å²) in [4.78, 5) is 2.38. The van der Waals surface area contributed by atoms with Crippen molar-refractivity contribution in [2.45, 2.75) is 154 Å². The van der Waals surface area contributed by atoms with Gasteiger partial charge in [0.25, 0.3) is 0 Å². The van der Waals surface area contributed by atoms with Gasteiger partial charge in [0.2, 0.25) is 0 Å². The predicted molar refractivity (Wildman–Crippen MR) is 131 cm³/mol. The molecule has 0 aromatic heterocycles. The average molecular weight is 416 g/mol. The van der Waals surface area contributed by atoms with Gasteiger partial charge < -0.3 is 0 Å². The van der Waals surface area contributed by atoms with Crippen molar-refractivity contribution in [3.05, 3.63) is 0 Å². The van der Waals surface area contributed by atoms with E-state index in [1.165, 1.54) is 135 Å². The van der Waals surface area contributed by atoms with Gasteiger partial charge in [0.05, 0.1) is 5.50 Å². The summed E-state index contributed by atoms with van der Waals surface area (Å²) in [5.41, 5.74) is 0.243. The summed E-state index contributed by atoms with van der Waals surface area (Å²) in [7, 11) is 2.21. The Bertz CT molecular complexity index is 254. The zero-order valence-electron chi connectivity index (χ0n) is 20.0. The fraction of sp³-hybridized carbons (Fsp3) is 1.00. The Morgan fingerprint density at radius 3 is 1.21 bits per heavy atom. The number of unbranched alkanes of at least 4 members (excludes halogenated alkanes) is 18. The number of hydrogen-bond donors (Lipinski definition) is 0. The molecular formula is C26H54ClN. The monoisotopic (exact) mass is 415 g/mol. The first-order valence-corrected chi connectivity index (χ1v) is 13.5. The summed E-state index contributed by atoms with van der Waals surface area (Å²) < 4.78 is 0. The molecule has 0 heterocycles. The van der Waals surface area contributed by atoms with Crippen LogP contribution in [-0.2, 0) is 0 Å². The molecule has 0 aromatic rings. The molecule has 0 fully saturated rings. The van der Waals surface area contributed by atoms with Gasteiger partial charge in [0.15, 0.2) is 0 Å². The molecule has 28 heavy (non-hydrogen) atoms. The van der Waals surface area contributed by atoms with E-state index in [2.05, 4.69) is 25.8 Å². The Labute approximate surface area is 184 Å². The molecule has 0 radical (unpaired) electrons. The molecule has 0 spiro atoms.